The number of allylic oxidation sites excluding steroid dienone is 2. The molecular weight excluding hydrogens is 191 g/mol. The summed E-state index contributed by atoms with van der Waals surface area (Å²) in [6, 6.07) is 0. The van der Waals surface area contributed by atoms with E-state index in [0.717, 1.165) is 0 Å². The Bertz CT molecular complexity index is 65.1. The Morgan fingerprint density at radius 3 is 1.91 bits per heavy atom. The van der Waals surface area contributed by atoms with Crippen LogP contribution in [0.25, 0.3) is 0 Å². The van der Waals surface area contributed by atoms with E-state index in [2.05, 4.69) is 26.0 Å². The Morgan fingerprint density at radius 1 is 1.00 bits per heavy atom. The number of hydrogen-bond acceptors (Lipinski definition) is 0. The molecule has 0 aromatic rings. The molecule has 0 bridgehead atoms. The van der Waals surface area contributed by atoms with Crippen LogP contribution in [0.4, 0.5) is 0 Å². The molecule has 0 atom stereocenters. The van der Waals surface area contributed by atoms with Gasteiger partial charge in [0.15, 0.2) is 0 Å². The predicted molar refractivity (Wildman–Crippen MR) is 44.7 cm³/mol. The maximum Gasteiger partial charge on any atom is 2.00 e. The van der Waals surface area contributed by atoms with Crippen molar-refractivity contribution in [1.29, 1.82) is 0 Å². The molecule has 0 aromatic heterocycles. The Labute approximate surface area is 99.2 Å². The first-order chi connectivity index (χ1) is 3.91. The van der Waals surface area contributed by atoms with Crippen molar-refractivity contribution >= 4 is 23.1 Å². The fraction of sp³-hybridized carbons (Fsp3) is 0.750. The number of halogens is 2. The second-order valence-corrected chi connectivity index (χ2v) is 2.02. The molecule has 0 N–H and O–H groups in total. The zero-order chi connectivity index (χ0) is 6.24. The average Bonchev–Trinajstić information content (AvgIpc) is 1.81. The van der Waals surface area contributed by atoms with Gasteiger partial charge in [-0.25, -0.2) is 0 Å². The van der Waals surface area contributed by atoms with Crippen LogP contribution in [-0.2, 0) is 0 Å². The summed E-state index contributed by atoms with van der Waals surface area (Å²) in [5.41, 5.74) is 0. The Kier molecular flexibility index (Phi) is 46.4. The maximum atomic E-state index is 2.27. The third kappa shape index (κ3) is 24.7. The zero-order valence-corrected chi connectivity index (χ0v) is 10.4. The van der Waals surface area contributed by atoms with E-state index in [1.165, 1.54) is 25.7 Å². The SMILES string of the molecule is CC/C=C\CCCC.[Cl-].[Cl-].[Mg+2]. The molecule has 0 unspecified atom stereocenters. The molecule has 0 saturated carbocycles. The summed E-state index contributed by atoms with van der Waals surface area (Å²) in [7, 11) is 0. The minimum Gasteiger partial charge on any atom is -1.00 e. The maximum absolute atomic E-state index is 2.27. The molecule has 0 amide bonds. The van der Waals surface area contributed by atoms with Gasteiger partial charge in [0.25, 0.3) is 0 Å². The first-order valence-corrected chi connectivity index (χ1v) is 3.56. The van der Waals surface area contributed by atoms with Crippen molar-refractivity contribution in [2.45, 2.75) is 39.5 Å². The van der Waals surface area contributed by atoms with Crippen LogP contribution in [0.2, 0.25) is 0 Å². The Morgan fingerprint density at radius 2 is 1.55 bits per heavy atom. The monoisotopic (exact) mass is 206 g/mol. The summed E-state index contributed by atoms with van der Waals surface area (Å²) in [5.74, 6) is 0. The third-order valence-corrected chi connectivity index (χ3v) is 1.13. The summed E-state index contributed by atoms with van der Waals surface area (Å²) in [5, 5.41) is 0. The van der Waals surface area contributed by atoms with Gasteiger partial charge < -0.3 is 24.8 Å². The smallest absolute Gasteiger partial charge is 1.00 e. The van der Waals surface area contributed by atoms with Gasteiger partial charge in [-0.05, 0) is 12.8 Å². The van der Waals surface area contributed by atoms with Crippen molar-refractivity contribution < 1.29 is 24.8 Å². The predicted octanol–water partition coefficient (Wildman–Crippen LogP) is -3.23. The molecule has 0 nitrogen and oxygen atoms in total. The first kappa shape index (κ1) is 22.7. The van der Waals surface area contributed by atoms with Crippen molar-refractivity contribution in [2.75, 3.05) is 0 Å². The quantitative estimate of drug-likeness (QED) is 0.258. The molecule has 0 aromatic carbocycles. The van der Waals surface area contributed by atoms with Crippen LogP contribution in [0, 0.1) is 0 Å². The fourth-order valence-electron chi connectivity index (χ4n) is 0.606. The minimum atomic E-state index is 0. The van der Waals surface area contributed by atoms with Crippen molar-refractivity contribution in [3.8, 4) is 0 Å². The normalized spacial score (nSPS) is 7.82. The van der Waals surface area contributed by atoms with E-state index in [1.54, 1.807) is 0 Å². The van der Waals surface area contributed by atoms with E-state index >= 15 is 0 Å². The molecule has 0 aliphatic carbocycles. The zero-order valence-electron chi connectivity index (χ0n) is 7.45. The summed E-state index contributed by atoms with van der Waals surface area (Å²) in [4.78, 5) is 0. The minimum absolute atomic E-state index is 0. The van der Waals surface area contributed by atoms with E-state index in [1.807, 2.05) is 0 Å². The van der Waals surface area contributed by atoms with Gasteiger partial charge in [-0.3, -0.25) is 0 Å². The molecule has 0 rings (SSSR count). The molecule has 0 saturated heterocycles. The Balaban J connectivity index is -0.0000000817. The molecule has 0 aliphatic rings. The standard InChI is InChI=1S/C8H16.2ClH.Mg/c1-3-5-7-8-6-4-2;;;/h5,7H,3-4,6,8H2,1-2H3;2*1H;/q;;;+2/p-2/b7-5-;;;. The van der Waals surface area contributed by atoms with Crippen LogP contribution in [0.3, 0.4) is 0 Å². The van der Waals surface area contributed by atoms with Gasteiger partial charge in [0.1, 0.15) is 0 Å². The van der Waals surface area contributed by atoms with Crippen LogP contribution in [0.5, 0.6) is 0 Å². The number of unbranched alkanes of at least 4 members (excludes halogenated alkanes) is 2. The van der Waals surface area contributed by atoms with Gasteiger partial charge in [-0.1, -0.05) is 38.8 Å². The molecule has 3 heteroatoms. The molecular formula is C8H16Cl2Mg. The average molecular weight is 207 g/mol. The second kappa shape index (κ2) is 22.5. The van der Waals surface area contributed by atoms with E-state index in [-0.39, 0.29) is 47.9 Å². The van der Waals surface area contributed by atoms with Crippen LogP contribution in [0.1, 0.15) is 39.5 Å². The third-order valence-electron chi connectivity index (χ3n) is 1.13. The summed E-state index contributed by atoms with van der Waals surface area (Å²) < 4.78 is 0. The number of rotatable bonds is 4. The summed E-state index contributed by atoms with van der Waals surface area (Å²) in [6.45, 7) is 4.39. The molecule has 64 valence electrons. The summed E-state index contributed by atoms with van der Waals surface area (Å²) >= 11 is 0. The van der Waals surface area contributed by atoms with Crippen molar-refractivity contribution in [3.63, 3.8) is 0 Å². The van der Waals surface area contributed by atoms with Crippen LogP contribution >= 0.6 is 0 Å². The molecule has 0 aliphatic heterocycles. The molecule has 0 fully saturated rings. The van der Waals surface area contributed by atoms with Gasteiger partial charge in [0.2, 0.25) is 0 Å². The van der Waals surface area contributed by atoms with Crippen molar-refractivity contribution in [1.82, 2.24) is 0 Å². The second-order valence-electron chi connectivity index (χ2n) is 2.02. The van der Waals surface area contributed by atoms with Gasteiger partial charge in [0.05, 0.1) is 0 Å². The number of hydrogen-bond donors (Lipinski definition) is 0. The van der Waals surface area contributed by atoms with E-state index in [9.17, 15) is 0 Å². The molecule has 11 heavy (non-hydrogen) atoms. The van der Waals surface area contributed by atoms with Gasteiger partial charge in [-0.15, -0.1) is 0 Å². The van der Waals surface area contributed by atoms with Crippen molar-refractivity contribution in [2.24, 2.45) is 0 Å². The van der Waals surface area contributed by atoms with Gasteiger partial charge >= 0.3 is 23.1 Å². The van der Waals surface area contributed by atoms with E-state index in [4.69, 9.17) is 0 Å². The summed E-state index contributed by atoms with van der Waals surface area (Å²) in [6.07, 6.45) is 9.61. The van der Waals surface area contributed by atoms with Crippen LogP contribution in [-0.4, -0.2) is 23.1 Å². The molecule has 0 radical (unpaired) electrons. The van der Waals surface area contributed by atoms with E-state index in [0.29, 0.717) is 0 Å². The van der Waals surface area contributed by atoms with Crippen molar-refractivity contribution in [3.05, 3.63) is 12.2 Å². The largest absolute Gasteiger partial charge is 2.00 e. The Hall–Kier alpha value is 1.09. The topological polar surface area (TPSA) is 0 Å². The fourth-order valence-corrected chi connectivity index (χ4v) is 0.606. The molecule has 0 spiro atoms. The van der Waals surface area contributed by atoms with Crippen LogP contribution in [0.15, 0.2) is 12.2 Å². The van der Waals surface area contributed by atoms with Gasteiger partial charge in [0, 0.05) is 0 Å². The van der Waals surface area contributed by atoms with E-state index < -0.39 is 0 Å². The van der Waals surface area contributed by atoms with Crippen LogP contribution < -0.4 is 24.8 Å². The molecule has 0 heterocycles. The first-order valence-electron chi connectivity index (χ1n) is 3.56. The van der Waals surface area contributed by atoms with Gasteiger partial charge in [-0.2, -0.15) is 0 Å².